The van der Waals surface area contributed by atoms with Crippen LogP contribution in [-0.4, -0.2) is 11.8 Å². The van der Waals surface area contributed by atoms with Gasteiger partial charge in [-0.15, -0.1) is 0 Å². The average molecular weight is 204 g/mol. The topological polar surface area (TPSA) is 72.2 Å². The van der Waals surface area contributed by atoms with Crippen molar-refractivity contribution in [3.05, 3.63) is 29.8 Å². The number of benzene rings is 1. The number of carbonyl (C=O) groups excluding carboxylic acids is 2. The molecule has 0 radical (unpaired) electrons. The molecule has 0 aliphatic heterocycles. The van der Waals surface area contributed by atoms with Crippen molar-refractivity contribution >= 4 is 17.5 Å². The van der Waals surface area contributed by atoms with Crippen LogP contribution in [0.3, 0.4) is 0 Å². The lowest BCUT2D eigenvalue weighted by atomic mass is 10.2. The van der Waals surface area contributed by atoms with Gasteiger partial charge in [0.1, 0.15) is 0 Å². The molecule has 4 heteroatoms. The van der Waals surface area contributed by atoms with Gasteiger partial charge in [-0.1, -0.05) is 6.07 Å². The summed E-state index contributed by atoms with van der Waals surface area (Å²) in [7, 11) is 0. The van der Waals surface area contributed by atoms with Gasteiger partial charge in [-0.2, -0.15) is 0 Å². The van der Waals surface area contributed by atoms with Gasteiger partial charge in [0, 0.05) is 17.2 Å². The second-order valence-electron chi connectivity index (χ2n) is 3.71. The van der Waals surface area contributed by atoms with E-state index < -0.39 is 5.91 Å². The molecule has 0 saturated heterocycles. The number of hydrogen-bond donors (Lipinski definition) is 2. The Morgan fingerprint density at radius 1 is 1.33 bits per heavy atom. The molecule has 0 spiro atoms. The first kappa shape index (κ1) is 9.71. The van der Waals surface area contributed by atoms with E-state index in [1.54, 1.807) is 24.3 Å². The van der Waals surface area contributed by atoms with Crippen LogP contribution in [-0.2, 0) is 4.79 Å². The zero-order valence-electron chi connectivity index (χ0n) is 8.19. The van der Waals surface area contributed by atoms with E-state index in [9.17, 15) is 9.59 Å². The van der Waals surface area contributed by atoms with Gasteiger partial charge in [0.2, 0.25) is 11.8 Å². The Morgan fingerprint density at radius 2 is 2.07 bits per heavy atom. The molecule has 2 rings (SSSR count). The molecule has 1 fully saturated rings. The Morgan fingerprint density at radius 3 is 2.67 bits per heavy atom. The van der Waals surface area contributed by atoms with Crippen molar-refractivity contribution in [3.63, 3.8) is 0 Å². The van der Waals surface area contributed by atoms with Gasteiger partial charge in [0.25, 0.3) is 0 Å². The molecule has 4 nitrogen and oxygen atoms in total. The molecule has 1 aliphatic carbocycles. The second kappa shape index (κ2) is 3.73. The van der Waals surface area contributed by atoms with E-state index in [-0.39, 0.29) is 11.8 Å². The molecule has 0 unspecified atom stereocenters. The Balaban J connectivity index is 2.10. The summed E-state index contributed by atoms with van der Waals surface area (Å²) >= 11 is 0. The summed E-state index contributed by atoms with van der Waals surface area (Å²) in [5.74, 6) is -0.309. The summed E-state index contributed by atoms with van der Waals surface area (Å²) in [4.78, 5) is 22.3. The Labute approximate surface area is 87.5 Å². The monoisotopic (exact) mass is 204 g/mol. The highest BCUT2D eigenvalue weighted by Crippen LogP contribution is 2.30. The van der Waals surface area contributed by atoms with Crippen molar-refractivity contribution < 1.29 is 9.59 Å². The van der Waals surface area contributed by atoms with Gasteiger partial charge in [0.15, 0.2) is 0 Å². The maximum Gasteiger partial charge on any atom is 0.248 e. The number of nitrogens with one attached hydrogen (secondary N) is 1. The number of rotatable bonds is 3. The smallest absolute Gasteiger partial charge is 0.248 e. The minimum absolute atomic E-state index is 0.0246. The molecule has 0 heterocycles. The minimum Gasteiger partial charge on any atom is -0.366 e. The van der Waals surface area contributed by atoms with Gasteiger partial charge in [-0.25, -0.2) is 0 Å². The fraction of sp³-hybridized carbons (Fsp3) is 0.273. The molecular weight excluding hydrogens is 192 g/mol. The third kappa shape index (κ3) is 2.34. The van der Waals surface area contributed by atoms with E-state index in [0.717, 1.165) is 12.8 Å². The Hall–Kier alpha value is -1.84. The van der Waals surface area contributed by atoms with Gasteiger partial charge >= 0.3 is 0 Å². The molecule has 15 heavy (non-hydrogen) atoms. The van der Waals surface area contributed by atoms with Crippen LogP contribution in [0.5, 0.6) is 0 Å². The third-order valence-electron chi connectivity index (χ3n) is 2.36. The van der Waals surface area contributed by atoms with Crippen LogP contribution < -0.4 is 11.1 Å². The summed E-state index contributed by atoms with van der Waals surface area (Å²) in [6, 6.07) is 6.65. The number of nitrogens with two attached hydrogens (primary N) is 1. The van der Waals surface area contributed by atoms with Crippen LogP contribution >= 0.6 is 0 Å². The number of amides is 2. The van der Waals surface area contributed by atoms with Crippen LogP contribution in [0.25, 0.3) is 0 Å². The van der Waals surface area contributed by atoms with E-state index in [1.807, 2.05) is 0 Å². The van der Waals surface area contributed by atoms with Gasteiger partial charge in [-0.3, -0.25) is 9.59 Å². The zero-order chi connectivity index (χ0) is 10.8. The highest BCUT2D eigenvalue weighted by molar-refractivity contribution is 5.97. The first-order chi connectivity index (χ1) is 7.16. The van der Waals surface area contributed by atoms with E-state index in [2.05, 4.69) is 5.32 Å². The van der Waals surface area contributed by atoms with Crippen LogP contribution in [0.15, 0.2) is 24.3 Å². The number of primary amides is 1. The van der Waals surface area contributed by atoms with Crippen LogP contribution in [0.1, 0.15) is 23.2 Å². The molecular formula is C11H12N2O2. The van der Waals surface area contributed by atoms with Crippen molar-refractivity contribution in [2.45, 2.75) is 12.8 Å². The molecule has 3 N–H and O–H groups in total. The molecule has 0 aromatic heterocycles. The Bertz CT molecular complexity index is 411. The zero-order valence-corrected chi connectivity index (χ0v) is 8.19. The summed E-state index contributed by atoms with van der Waals surface area (Å²) in [6.07, 6.45) is 1.92. The highest BCUT2D eigenvalue weighted by atomic mass is 16.2. The predicted octanol–water partition coefficient (Wildman–Crippen LogP) is 1.13. The standard InChI is InChI=1S/C11H12N2O2/c12-10(14)8-2-1-3-9(6-8)13-11(15)7-4-5-7/h1-3,6-7H,4-5H2,(H2,12,14)(H,13,15). The molecule has 1 aliphatic rings. The fourth-order valence-electron chi connectivity index (χ4n) is 1.34. The molecule has 2 amide bonds. The van der Waals surface area contributed by atoms with Crippen molar-refractivity contribution in [1.29, 1.82) is 0 Å². The maximum absolute atomic E-state index is 11.4. The molecule has 78 valence electrons. The predicted molar refractivity (Wildman–Crippen MR) is 56.3 cm³/mol. The van der Waals surface area contributed by atoms with Crippen molar-refractivity contribution in [3.8, 4) is 0 Å². The normalized spacial score (nSPS) is 14.7. The Kier molecular flexibility index (Phi) is 2.41. The summed E-state index contributed by atoms with van der Waals surface area (Å²) in [5, 5.41) is 2.75. The van der Waals surface area contributed by atoms with E-state index in [4.69, 9.17) is 5.73 Å². The molecule has 1 aromatic carbocycles. The van der Waals surface area contributed by atoms with Crippen LogP contribution in [0.4, 0.5) is 5.69 Å². The first-order valence-electron chi connectivity index (χ1n) is 4.87. The first-order valence-corrected chi connectivity index (χ1v) is 4.87. The summed E-state index contributed by atoms with van der Waals surface area (Å²) in [5.41, 5.74) is 6.17. The largest absolute Gasteiger partial charge is 0.366 e. The van der Waals surface area contributed by atoms with Crippen molar-refractivity contribution in [2.75, 3.05) is 5.32 Å². The summed E-state index contributed by atoms with van der Waals surface area (Å²) < 4.78 is 0. The van der Waals surface area contributed by atoms with Crippen molar-refractivity contribution in [2.24, 2.45) is 11.7 Å². The number of carbonyl (C=O) groups is 2. The molecule has 0 bridgehead atoms. The summed E-state index contributed by atoms with van der Waals surface area (Å²) in [6.45, 7) is 0. The quantitative estimate of drug-likeness (QED) is 0.774. The molecule has 0 atom stereocenters. The second-order valence-corrected chi connectivity index (χ2v) is 3.71. The highest BCUT2D eigenvalue weighted by Gasteiger charge is 2.29. The average Bonchev–Trinajstić information content (AvgIpc) is 3.01. The van der Waals surface area contributed by atoms with Gasteiger partial charge in [0.05, 0.1) is 0 Å². The molecule has 1 saturated carbocycles. The number of anilines is 1. The molecule has 1 aromatic rings. The fourth-order valence-corrected chi connectivity index (χ4v) is 1.34. The van der Waals surface area contributed by atoms with Gasteiger partial charge < -0.3 is 11.1 Å². The van der Waals surface area contributed by atoms with Gasteiger partial charge in [-0.05, 0) is 31.0 Å². The van der Waals surface area contributed by atoms with E-state index in [1.165, 1.54) is 0 Å². The lowest BCUT2D eigenvalue weighted by Gasteiger charge is -2.04. The number of hydrogen-bond acceptors (Lipinski definition) is 2. The maximum atomic E-state index is 11.4. The minimum atomic E-state index is -0.488. The van der Waals surface area contributed by atoms with E-state index >= 15 is 0 Å². The SMILES string of the molecule is NC(=O)c1cccc(NC(=O)C2CC2)c1. The van der Waals surface area contributed by atoms with Crippen LogP contribution in [0.2, 0.25) is 0 Å². The van der Waals surface area contributed by atoms with Crippen LogP contribution in [0, 0.1) is 5.92 Å². The lowest BCUT2D eigenvalue weighted by Crippen LogP contribution is -2.15. The lowest BCUT2D eigenvalue weighted by molar-refractivity contribution is -0.117. The third-order valence-corrected chi connectivity index (χ3v) is 2.36. The van der Waals surface area contributed by atoms with Crippen molar-refractivity contribution in [1.82, 2.24) is 0 Å². The van der Waals surface area contributed by atoms with E-state index in [0.29, 0.717) is 11.3 Å².